The summed E-state index contributed by atoms with van der Waals surface area (Å²) in [6, 6.07) is 38.7. The normalized spacial score (nSPS) is 11.3. The summed E-state index contributed by atoms with van der Waals surface area (Å²) >= 11 is 0. The lowest BCUT2D eigenvalue weighted by Crippen LogP contribution is -2.11. The number of anilines is 3. The molecule has 0 heterocycles. The first-order valence-electron chi connectivity index (χ1n) is 10.1. The lowest BCUT2D eigenvalue weighted by molar-refractivity contribution is 0.590. The first-order chi connectivity index (χ1) is 14.0. The summed E-state index contributed by atoms with van der Waals surface area (Å²) < 4.78 is 0. The molecule has 0 unspecified atom stereocenters. The predicted octanol–water partition coefficient (Wildman–Crippen LogP) is 8.12. The van der Waals surface area contributed by atoms with Crippen LogP contribution in [0.15, 0.2) is 109 Å². The van der Waals surface area contributed by atoms with Crippen molar-refractivity contribution in [2.24, 2.45) is 0 Å². The highest BCUT2D eigenvalue weighted by Gasteiger charge is 2.17. The first-order valence-corrected chi connectivity index (χ1v) is 10.1. The Balaban J connectivity index is 1.86. The molecule has 0 saturated carbocycles. The van der Waals surface area contributed by atoms with Gasteiger partial charge in [0.25, 0.3) is 0 Å². The maximum atomic E-state index is 2.33. The standard InChI is InChI=1S/C28H27N/c1-28(2,3)23-20-18-22(19-21-23)26-16-10-11-17-27(26)29(24-12-6-4-7-13-24)25-14-8-5-9-15-25/h4-21H,1-3H3. The summed E-state index contributed by atoms with van der Waals surface area (Å²) in [7, 11) is 0. The third kappa shape index (κ3) is 4.09. The molecule has 0 radical (unpaired) electrons. The van der Waals surface area contributed by atoms with Gasteiger partial charge >= 0.3 is 0 Å². The van der Waals surface area contributed by atoms with E-state index in [2.05, 4.69) is 135 Å². The van der Waals surface area contributed by atoms with Crippen LogP contribution >= 0.6 is 0 Å². The minimum Gasteiger partial charge on any atom is -0.310 e. The van der Waals surface area contributed by atoms with E-state index < -0.39 is 0 Å². The molecule has 0 aliphatic rings. The molecule has 0 saturated heterocycles. The Morgan fingerprint density at radius 1 is 0.517 bits per heavy atom. The predicted molar refractivity (Wildman–Crippen MR) is 125 cm³/mol. The van der Waals surface area contributed by atoms with Crippen LogP contribution in [0.1, 0.15) is 26.3 Å². The smallest absolute Gasteiger partial charge is 0.0540 e. The highest BCUT2D eigenvalue weighted by molar-refractivity contribution is 5.87. The molecule has 0 amide bonds. The van der Waals surface area contributed by atoms with Crippen molar-refractivity contribution in [1.82, 2.24) is 0 Å². The summed E-state index contributed by atoms with van der Waals surface area (Å²) in [5, 5.41) is 0. The number of hydrogen-bond acceptors (Lipinski definition) is 1. The molecule has 0 aliphatic carbocycles. The monoisotopic (exact) mass is 377 g/mol. The van der Waals surface area contributed by atoms with E-state index in [0.29, 0.717) is 0 Å². The molecule has 4 aromatic carbocycles. The largest absolute Gasteiger partial charge is 0.310 e. The second-order valence-corrected chi connectivity index (χ2v) is 8.35. The Kier molecular flexibility index (Phi) is 5.22. The fourth-order valence-corrected chi connectivity index (χ4v) is 3.64. The molecule has 4 rings (SSSR count). The maximum absolute atomic E-state index is 2.33. The van der Waals surface area contributed by atoms with Crippen molar-refractivity contribution >= 4 is 17.1 Å². The molecule has 4 aromatic rings. The molecule has 0 N–H and O–H groups in total. The Hall–Kier alpha value is -3.32. The number of benzene rings is 4. The molecule has 0 bridgehead atoms. The van der Waals surface area contributed by atoms with Crippen LogP contribution in [0.25, 0.3) is 11.1 Å². The Bertz CT molecular complexity index is 1020. The summed E-state index contributed by atoms with van der Waals surface area (Å²) in [5.41, 5.74) is 7.43. The van der Waals surface area contributed by atoms with Crippen LogP contribution < -0.4 is 4.90 Å². The molecule has 144 valence electrons. The number of para-hydroxylation sites is 3. The molecule has 0 fully saturated rings. The summed E-state index contributed by atoms with van der Waals surface area (Å²) in [4.78, 5) is 2.33. The quantitative estimate of drug-likeness (QED) is 0.347. The van der Waals surface area contributed by atoms with Crippen LogP contribution in [-0.4, -0.2) is 0 Å². The zero-order chi connectivity index (χ0) is 20.3. The van der Waals surface area contributed by atoms with E-state index in [0.717, 1.165) is 11.4 Å². The van der Waals surface area contributed by atoms with E-state index >= 15 is 0 Å². The van der Waals surface area contributed by atoms with Crippen molar-refractivity contribution in [2.45, 2.75) is 26.2 Å². The fourth-order valence-electron chi connectivity index (χ4n) is 3.64. The molecule has 29 heavy (non-hydrogen) atoms. The van der Waals surface area contributed by atoms with Gasteiger partial charge in [-0.25, -0.2) is 0 Å². The number of rotatable bonds is 4. The Labute approximate surface area is 174 Å². The highest BCUT2D eigenvalue weighted by Crippen LogP contribution is 2.40. The molecule has 0 aromatic heterocycles. The minimum atomic E-state index is 0.151. The molecule has 0 spiro atoms. The van der Waals surface area contributed by atoms with Crippen LogP contribution in [0, 0.1) is 0 Å². The van der Waals surface area contributed by atoms with Gasteiger partial charge in [0.1, 0.15) is 0 Å². The van der Waals surface area contributed by atoms with E-state index in [1.54, 1.807) is 0 Å². The number of nitrogens with zero attached hydrogens (tertiary/aromatic N) is 1. The van der Waals surface area contributed by atoms with Crippen molar-refractivity contribution < 1.29 is 0 Å². The zero-order valence-corrected chi connectivity index (χ0v) is 17.3. The molecule has 1 heteroatoms. The lowest BCUT2D eigenvalue weighted by Gasteiger charge is -2.28. The third-order valence-electron chi connectivity index (χ3n) is 5.24. The summed E-state index contributed by atoms with van der Waals surface area (Å²) in [5.74, 6) is 0. The second-order valence-electron chi connectivity index (χ2n) is 8.35. The number of hydrogen-bond donors (Lipinski definition) is 0. The van der Waals surface area contributed by atoms with Crippen LogP contribution in [0.3, 0.4) is 0 Å². The van der Waals surface area contributed by atoms with E-state index in [1.165, 1.54) is 22.4 Å². The van der Waals surface area contributed by atoms with E-state index in [-0.39, 0.29) is 5.41 Å². The van der Waals surface area contributed by atoms with Crippen molar-refractivity contribution in [1.29, 1.82) is 0 Å². The average molecular weight is 378 g/mol. The van der Waals surface area contributed by atoms with Gasteiger partial charge in [-0.1, -0.05) is 99.6 Å². The molecule has 1 nitrogen and oxygen atoms in total. The van der Waals surface area contributed by atoms with Crippen LogP contribution in [0.5, 0.6) is 0 Å². The van der Waals surface area contributed by atoms with Gasteiger partial charge in [-0.05, 0) is 46.9 Å². The molecular weight excluding hydrogens is 350 g/mol. The first kappa shape index (κ1) is 19.0. The SMILES string of the molecule is CC(C)(C)c1ccc(-c2ccccc2N(c2ccccc2)c2ccccc2)cc1. The van der Waals surface area contributed by atoms with Crippen molar-refractivity contribution in [3.63, 3.8) is 0 Å². The van der Waals surface area contributed by atoms with E-state index in [4.69, 9.17) is 0 Å². The van der Waals surface area contributed by atoms with Crippen LogP contribution in [0.2, 0.25) is 0 Å². The van der Waals surface area contributed by atoms with Gasteiger partial charge in [0.05, 0.1) is 5.69 Å². The topological polar surface area (TPSA) is 3.24 Å². The van der Waals surface area contributed by atoms with Gasteiger partial charge in [0.15, 0.2) is 0 Å². The summed E-state index contributed by atoms with van der Waals surface area (Å²) in [6.45, 7) is 6.76. The molecule has 0 atom stereocenters. The van der Waals surface area contributed by atoms with Crippen LogP contribution in [0.4, 0.5) is 17.1 Å². The van der Waals surface area contributed by atoms with Crippen LogP contribution in [-0.2, 0) is 5.41 Å². The van der Waals surface area contributed by atoms with Crippen molar-refractivity contribution in [2.75, 3.05) is 4.90 Å². The lowest BCUT2D eigenvalue weighted by atomic mass is 9.86. The second kappa shape index (κ2) is 7.97. The van der Waals surface area contributed by atoms with Gasteiger partial charge in [0, 0.05) is 16.9 Å². The fraction of sp³-hybridized carbons (Fsp3) is 0.143. The molecule has 0 aliphatic heterocycles. The minimum absolute atomic E-state index is 0.151. The highest BCUT2D eigenvalue weighted by atomic mass is 15.1. The maximum Gasteiger partial charge on any atom is 0.0540 e. The van der Waals surface area contributed by atoms with Gasteiger partial charge in [0.2, 0.25) is 0 Å². The third-order valence-corrected chi connectivity index (χ3v) is 5.24. The van der Waals surface area contributed by atoms with Gasteiger partial charge < -0.3 is 4.90 Å². The van der Waals surface area contributed by atoms with Gasteiger partial charge in [-0.3, -0.25) is 0 Å². The molecular formula is C28H27N. The van der Waals surface area contributed by atoms with Gasteiger partial charge in [-0.15, -0.1) is 0 Å². The van der Waals surface area contributed by atoms with Crippen molar-refractivity contribution in [3.8, 4) is 11.1 Å². The average Bonchev–Trinajstić information content (AvgIpc) is 2.75. The van der Waals surface area contributed by atoms with Gasteiger partial charge in [-0.2, -0.15) is 0 Å². The summed E-state index contributed by atoms with van der Waals surface area (Å²) in [6.07, 6.45) is 0. The Morgan fingerprint density at radius 2 is 1.00 bits per heavy atom. The zero-order valence-electron chi connectivity index (χ0n) is 17.3. The van der Waals surface area contributed by atoms with E-state index in [9.17, 15) is 0 Å². The van der Waals surface area contributed by atoms with E-state index in [1.807, 2.05) is 0 Å². The van der Waals surface area contributed by atoms with Crippen molar-refractivity contribution in [3.05, 3.63) is 115 Å². The Morgan fingerprint density at radius 3 is 1.52 bits per heavy atom.